The molecule has 2 amide bonds. The number of carbonyl (C=O) groups is 2. The lowest BCUT2D eigenvalue weighted by molar-refractivity contribution is -0.118. The molecule has 1 aromatic heterocycles. The van der Waals surface area contributed by atoms with Gasteiger partial charge in [-0.15, -0.1) is 0 Å². The Balaban J connectivity index is 1.72. The van der Waals surface area contributed by atoms with Gasteiger partial charge in [0.2, 0.25) is 5.91 Å². The molecule has 0 saturated heterocycles. The number of amides is 2. The lowest BCUT2D eigenvalue weighted by atomic mass is 10.0. The summed E-state index contributed by atoms with van der Waals surface area (Å²) in [5.74, 6) is 0.139. The van der Waals surface area contributed by atoms with Crippen LogP contribution in [0.25, 0.3) is 0 Å². The normalized spacial score (nSPS) is 11.5. The van der Waals surface area contributed by atoms with Gasteiger partial charge in [0.15, 0.2) is 5.76 Å². The van der Waals surface area contributed by atoms with Crippen molar-refractivity contribution in [3.8, 4) is 5.75 Å². The second-order valence-electron chi connectivity index (χ2n) is 6.14. The topological polar surface area (TPSA) is 80.6 Å². The molecule has 3 aromatic rings. The predicted octanol–water partition coefficient (Wildman–Crippen LogP) is 3.66. The first-order valence-corrected chi connectivity index (χ1v) is 9.07. The van der Waals surface area contributed by atoms with Crippen molar-refractivity contribution in [1.82, 2.24) is 5.32 Å². The van der Waals surface area contributed by atoms with Crippen LogP contribution >= 0.6 is 0 Å². The van der Waals surface area contributed by atoms with Gasteiger partial charge in [0.25, 0.3) is 5.91 Å². The Hall–Kier alpha value is -3.54. The van der Waals surface area contributed by atoms with Crippen LogP contribution in [0.5, 0.6) is 5.75 Å². The predicted molar refractivity (Wildman–Crippen MR) is 106 cm³/mol. The largest absolute Gasteiger partial charge is 0.494 e. The average Bonchev–Trinajstić information content (AvgIpc) is 3.25. The Bertz CT molecular complexity index is 890. The first kappa shape index (κ1) is 19.2. The van der Waals surface area contributed by atoms with Gasteiger partial charge in [-0.3, -0.25) is 9.59 Å². The van der Waals surface area contributed by atoms with Crippen molar-refractivity contribution in [2.45, 2.75) is 19.4 Å². The van der Waals surface area contributed by atoms with E-state index in [9.17, 15) is 9.59 Å². The SMILES string of the molecule is CCOc1ccc(NC(=O)[C@H](Cc2ccccc2)NC(=O)c2ccco2)cc1. The molecule has 0 bridgehead atoms. The molecule has 6 nitrogen and oxygen atoms in total. The van der Waals surface area contributed by atoms with Gasteiger partial charge >= 0.3 is 0 Å². The molecule has 0 saturated carbocycles. The fourth-order valence-corrected chi connectivity index (χ4v) is 2.73. The third-order valence-corrected chi connectivity index (χ3v) is 4.08. The lowest BCUT2D eigenvalue weighted by Gasteiger charge is -2.18. The van der Waals surface area contributed by atoms with E-state index in [1.165, 1.54) is 6.26 Å². The number of ether oxygens (including phenoxy) is 1. The number of hydrogen-bond acceptors (Lipinski definition) is 4. The van der Waals surface area contributed by atoms with Gasteiger partial charge in [-0.1, -0.05) is 30.3 Å². The van der Waals surface area contributed by atoms with E-state index < -0.39 is 11.9 Å². The van der Waals surface area contributed by atoms with Crippen molar-refractivity contribution < 1.29 is 18.7 Å². The van der Waals surface area contributed by atoms with Crippen LogP contribution < -0.4 is 15.4 Å². The van der Waals surface area contributed by atoms with E-state index in [1.54, 1.807) is 36.4 Å². The summed E-state index contributed by atoms with van der Waals surface area (Å²) in [7, 11) is 0. The Morgan fingerprint density at radius 1 is 1.00 bits per heavy atom. The summed E-state index contributed by atoms with van der Waals surface area (Å²) in [5.41, 5.74) is 1.56. The van der Waals surface area contributed by atoms with Gasteiger partial charge in [0.1, 0.15) is 11.8 Å². The van der Waals surface area contributed by atoms with Crippen LogP contribution in [0.3, 0.4) is 0 Å². The van der Waals surface area contributed by atoms with E-state index >= 15 is 0 Å². The molecule has 0 aliphatic rings. The summed E-state index contributed by atoms with van der Waals surface area (Å²) in [6, 6.07) is 19.0. The molecule has 0 fully saturated rings. The van der Waals surface area contributed by atoms with Gasteiger partial charge in [-0.05, 0) is 48.9 Å². The molecular formula is C22H22N2O4. The van der Waals surface area contributed by atoms with Gasteiger partial charge < -0.3 is 19.8 Å². The standard InChI is InChI=1S/C22H22N2O4/c1-2-27-18-12-10-17(11-13-18)23-21(25)19(15-16-7-4-3-5-8-16)24-22(26)20-9-6-14-28-20/h3-14,19H,2,15H2,1H3,(H,23,25)(H,24,26)/t19-/m0/s1. The fraction of sp³-hybridized carbons (Fsp3) is 0.182. The zero-order valence-corrected chi connectivity index (χ0v) is 15.6. The zero-order valence-electron chi connectivity index (χ0n) is 15.6. The molecular weight excluding hydrogens is 356 g/mol. The zero-order chi connectivity index (χ0) is 19.8. The maximum atomic E-state index is 12.8. The van der Waals surface area contributed by atoms with Crippen LogP contribution in [-0.4, -0.2) is 24.5 Å². The number of furan rings is 1. The van der Waals surface area contributed by atoms with Crippen molar-refractivity contribution >= 4 is 17.5 Å². The highest BCUT2D eigenvalue weighted by Crippen LogP contribution is 2.16. The minimum atomic E-state index is -0.758. The first-order valence-electron chi connectivity index (χ1n) is 9.07. The number of nitrogens with one attached hydrogen (secondary N) is 2. The van der Waals surface area contributed by atoms with Gasteiger partial charge in [-0.2, -0.15) is 0 Å². The van der Waals surface area contributed by atoms with E-state index in [1.807, 2.05) is 37.3 Å². The van der Waals surface area contributed by atoms with Gasteiger partial charge in [0.05, 0.1) is 12.9 Å². The molecule has 0 radical (unpaired) electrons. The summed E-state index contributed by atoms with van der Waals surface area (Å²) in [6.45, 7) is 2.48. The van der Waals surface area contributed by atoms with Crippen LogP contribution in [0.2, 0.25) is 0 Å². The van der Waals surface area contributed by atoms with E-state index in [2.05, 4.69) is 10.6 Å². The molecule has 0 spiro atoms. The molecule has 1 heterocycles. The minimum Gasteiger partial charge on any atom is -0.494 e. The van der Waals surface area contributed by atoms with Crippen molar-refractivity contribution in [2.24, 2.45) is 0 Å². The van der Waals surface area contributed by atoms with E-state index in [-0.39, 0.29) is 11.7 Å². The van der Waals surface area contributed by atoms with Gasteiger partial charge in [0, 0.05) is 12.1 Å². The summed E-state index contributed by atoms with van der Waals surface area (Å²) in [5, 5.41) is 5.59. The molecule has 0 aliphatic heterocycles. The Morgan fingerprint density at radius 2 is 1.75 bits per heavy atom. The number of hydrogen-bond donors (Lipinski definition) is 2. The Labute approximate surface area is 163 Å². The van der Waals surface area contributed by atoms with Crippen LogP contribution in [-0.2, 0) is 11.2 Å². The molecule has 144 valence electrons. The lowest BCUT2D eigenvalue weighted by Crippen LogP contribution is -2.45. The summed E-state index contributed by atoms with van der Waals surface area (Å²) < 4.78 is 10.5. The molecule has 6 heteroatoms. The van der Waals surface area contributed by atoms with Crippen molar-refractivity contribution in [2.75, 3.05) is 11.9 Å². The number of rotatable bonds is 8. The van der Waals surface area contributed by atoms with Crippen LogP contribution in [0.1, 0.15) is 23.0 Å². The van der Waals surface area contributed by atoms with Crippen LogP contribution in [0.15, 0.2) is 77.4 Å². The van der Waals surface area contributed by atoms with Crippen molar-refractivity contribution in [3.05, 3.63) is 84.3 Å². The summed E-state index contributed by atoms with van der Waals surface area (Å²) in [4.78, 5) is 25.2. The molecule has 2 aromatic carbocycles. The fourth-order valence-electron chi connectivity index (χ4n) is 2.73. The smallest absolute Gasteiger partial charge is 0.287 e. The highest BCUT2D eigenvalue weighted by atomic mass is 16.5. The quantitative estimate of drug-likeness (QED) is 0.627. The number of anilines is 1. The molecule has 0 aliphatic carbocycles. The second-order valence-corrected chi connectivity index (χ2v) is 6.14. The second kappa shape index (κ2) is 9.41. The highest BCUT2D eigenvalue weighted by molar-refractivity contribution is 6.00. The number of carbonyl (C=O) groups excluding carboxylic acids is 2. The summed E-state index contributed by atoms with van der Waals surface area (Å²) in [6.07, 6.45) is 1.78. The molecule has 3 rings (SSSR count). The van der Waals surface area contributed by atoms with Crippen molar-refractivity contribution in [3.63, 3.8) is 0 Å². The van der Waals surface area contributed by atoms with Crippen LogP contribution in [0.4, 0.5) is 5.69 Å². The molecule has 28 heavy (non-hydrogen) atoms. The average molecular weight is 378 g/mol. The molecule has 1 atom stereocenters. The van der Waals surface area contributed by atoms with Crippen LogP contribution in [0, 0.1) is 0 Å². The minimum absolute atomic E-state index is 0.159. The number of benzene rings is 2. The maximum Gasteiger partial charge on any atom is 0.287 e. The maximum absolute atomic E-state index is 12.8. The van der Waals surface area contributed by atoms with Crippen molar-refractivity contribution in [1.29, 1.82) is 0 Å². The molecule has 0 unspecified atom stereocenters. The Kier molecular flexibility index (Phi) is 6.46. The third kappa shape index (κ3) is 5.23. The Morgan fingerprint density at radius 3 is 2.39 bits per heavy atom. The summed E-state index contributed by atoms with van der Waals surface area (Å²) >= 11 is 0. The third-order valence-electron chi connectivity index (χ3n) is 4.08. The first-order chi connectivity index (χ1) is 13.7. The van der Waals surface area contributed by atoms with E-state index in [0.29, 0.717) is 18.7 Å². The highest BCUT2D eigenvalue weighted by Gasteiger charge is 2.23. The monoisotopic (exact) mass is 378 g/mol. The van der Waals surface area contributed by atoms with E-state index in [4.69, 9.17) is 9.15 Å². The van der Waals surface area contributed by atoms with Gasteiger partial charge in [-0.25, -0.2) is 0 Å². The molecule has 2 N–H and O–H groups in total. The van der Waals surface area contributed by atoms with E-state index in [0.717, 1.165) is 11.3 Å².